The fourth-order valence-electron chi connectivity index (χ4n) is 1.52. The Morgan fingerprint density at radius 1 is 1.53 bits per heavy atom. The molecule has 0 radical (unpaired) electrons. The Labute approximate surface area is 115 Å². The van der Waals surface area contributed by atoms with Crippen LogP contribution >= 0.6 is 11.8 Å². The van der Waals surface area contributed by atoms with Crippen LogP contribution in [0.4, 0.5) is 11.4 Å². The monoisotopic (exact) mass is 305 g/mol. The van der Waals surface area contributed by atoms with Gasteiger partial charge in [0.1, 0.15) is 0 Å². The smallest absolute Gasteiger partial charge is 0.291 e. The van der Waals surface area contributed by atoms with Gasteiger partial charge in [-0.2, -0.15) is 11.8 Å². The highest BCUT2D eigenvalue weighted by molar-refractivity contribution is 7.98. The average molecular weight is 305 g/mol. The molecule has 1 aromatic rings. The number of nitro groups is 1. The Hall–Kier alpha value is -1.32. The summed E-state index contributed by atoms with van der Waals surface area (Å²) in [6.45, 7) is 1.69. The van der Waals surface area contributed by atoms with E-state index in [1.165, 1.54) is 17.8 Å². The quantitative estimate of drug-likeness (QED) is 0.463. The van der Waals surface area contributed by atoms with Crippen LogP contribution in [0.5, 0.6) is 0 Å². The maximum Gasteiger partial charge on any atom is 0.291 e. The summed E-state index contributed by atoms with van der Waals surface area (Å²) < 4.78 is 26.6. The summed E-state index contributed by atoms with van der Waals surface area (Å²) >= 11 is 1.48. The summed E-state index contributed by atoms with van der Waals surface area (Å²) in [5.41, 5.74) is 5.05. The molecule has 106 valence electrons. The van der Waals surface area contributed by atoms with E-state index in [0.717, 1.165) is 12.1 Å². The molecule has 3 N–H and O–H groups in total. The molecule has 0 aliphatic carbocycles. The molecule has 1 rings (SSSR count). The molecule has 19 heavy (non-hydrogen) atoms. The van der Waals surface area contributed by atoms with Crippen LogP contribution in [0.25, 0.3) is 0 Å². The molecule has 7 nitrogen and oxygen atoms in total. The third kappa shape index (κ3) is 4.08. The average Bonchev–Trinajstić information content (AvgIpc) is 2.27. The van der Waals surface area contributed by atoms with E-state index in [1.807, 2.05) is 6.26 Å². The predicted octanol–water partition coefficient (Wildman–Crippen LogP) is 1.21. The standard InChI is InChI=1S/C10H15N3O4S2/c1-7(6-18-2)12-19(16,17)10-4-3-8(11)5-9(10)13(14)15/h3-5,7,12H,6,11H2,1-2H3. The van der Waals surface area contributed by atoms with E-state index in [1.54, 1.807) is 6.92 Å². The Balaban J connectivity index is 3.18. The molecule has 0 fully saturated rings. The highest BCUT2D eigenvalue weighted by Gasteiger charge is 2.27. The first kappa shape index (κ1) is 15.7. The number of thioether (sulfide) groups is 1. The molecule has 1 aromatic carbocycles. The van der Waals surface area contributed by atoms with Crippen molar-refractivity contribution in [1.82, 2.24) is 4.72 Å². The van der Waals surface area contributed by atoms with Gasteiger partial charge in [-0.1, -0.05) is 0 Å². The lowest BCUT2D eigenvalue weighted by Crippen LogP contribution is -2.34. The third-order valence-corrected chi connectivity index (χ3v) is 4.71. The van der Waals surface area contributed by atoms with Gasteiger partial charge in [-0.25, -0.2) is 13.1 Å². The normalized spacial score (nSPS) is 13.2. The first-order chi connectivity index (χ1) is 8.77. The lowest BCUT2D eigenvalue weighted by Gasteiger charge is -2.13. The Kier molecular flexibility index (Phi) is 5.15. The summed E-state index contributed by atoms with van der Waals surface area (Å²) in [7, 11) is -3.93. The van der Waals surface area contributed by atoms with Crippen LogP contribution in [0.3, 0.4) is 0 Å². The number of hydrogen-bond acceptors (Lipinski definition) is 6. The van der Waals surface area contributed by atoms with Gasteiger partial charge < -0.3 is 5.73 Å². The minimum absolute atomic E-state index is 0.141. The number of nitrogens with one attached hydrogen (secondary N) is 1. The van der Waals surface area contributed by atoms with Crippen LogP contribution in [0.1, 0.15) is 6.92 Å². The van der Waals surface area contributed by atoms with E-state index in [9.17, 15) is 18.5 Å². The Morgan fingerprint density at radius 2 is 2.16 bits per heavy atom. The molecule has 0 bridgehead atoms. The number of sulfonamides is 1. The molecule has 0 aliphatic heterocycles. The van der Waals surface area contributed by atoms with E-state index in [4.69, 9.17) is 5.73 Å². The fraction of sp³-hybridized carbons (Fsp3) is 0.400. The van der Waals surface area contributed by atoms with E-state index < -0.39 is 20.6 Å². The maximum absolute atomic E-state index is 12.1. The number of nitrogen functional groups attached to an aromatic ring is 1. The second kappa shape index (κ2) is 6.22. The van der Waals surface area contributed by atoms with Crippen molar-refractivity contribution >= 4 is 33.2 Å². The number of anilines is 1. The molecule has 0 heterocycles. The Bertz CT molecular complexity index is 574. The molecule has 0 aromatic heterocycles. The van der Waals surface area contributed by atoms with Crippen LogP contribution < -0.4 is 10.5 Å². The van der Waals surface area contributed by atoms with Crippen molar-refractivity contribution in [2.75, 3.05) is 17.7 Å². The second-order valence-electron chi connectivity index (χ2n) is 3.96. The van der Waals surface area contributed by atoms with Crippen molar-refractivity contribution in [3.8, 4) is 0 Å². The molecular formula is C10H15N3O4S2. The summed E-state index contributed by atoms with van der Waals surface area (Å²) in [6, 6.07) is 3.17. The number of rotatable bonds is 6. The minimum Gasteiger partial charge on any atom is -0.399 e. The molecular weight excluding hydrogens is 290 g/mol. The van der Waals surface area contributed by atoms with Crippen molar-refractivity contribution < 1.29 is 13.3 Å². The highest BCUT2D eigenvalue weighted by atomic mass is 32.2. The summed E-state index contributed by atoms with van der Waals surface area (Å²) in [6.07, 6.45) is 1.84. The number of nitrogens with two attached hydrogens (primary N) is 1. The highest BCUT2D eigenvalue weighted by Crippen LogP contribution is 2.26. The van der Waals surface area contributed by atoms with Crippen LogP contribution in [0.15, 0.2) is 23.1 Å². The molecule has 0 spiro atoms. The first-order valence-corrected chi connectivity index (χ1v) is 8.21. The predicted molar refractivity (Wildman–Crippen MR) is 75.7 cm³/mol. The first-order valence-electron chi connectivity index (χ1n) is 5.33. The largest absolute Gasteiger partial charge is 0.399 e. The lowest BCUT2D eigenvalue weighted by atomic mass is 10.3. The van der Waals surface area contributed by atoms with Gasteiger partial charge >= 0.3 is 0 Å². The zero-order chi connectivity index (χ0) is 14.6. The van der Waals surface area contributed by atoms with E-state index in [-0.39, 0.29) is 16.6 Å². The fourth-order valence-corrected chi connectivity index (χ4v) is 3.60. The molecule has 0 amide bonds. The number of benzene rings is 1. The van der Waals surface area contributed by atoms with Crippen LogP contribution in [0.2, 0.25) is 0 Å². The van der Waals surface area contributed by atoms with Gasteiger partial charge in [-0.05, 0) is 25.3 Å². The van der Waals surface area contributed by atoms with E-state index >= 15 is 0 Å². The molecule has 1 atom stereocenters. The minimum atomic E-state index is -3.93. The SMILES string of the molecule is CSCC(C)NS(=O)(=O)c1ccc(N)cc1[N+](=O)[O-]. The third-order valence-electron chi connectivity index (χ3n) is 2.24. The molecule has 0 saturated heterocycles. The van der Waals surface area contributed by atoms with Gasteiger partial charge in [0.2, 0.25) is 10.0 Å². The van der Waals surface area contributed by atoms with Crippen molar-refractivity contribution in [3.63, 3.8) is 0 Å². The molecule has 9 heteroatoms. The topological polar surface area (TPSA) is 115 Å². The van der Waals surface area contributed by atoms with Crippen molar-refractivity contribution in [2.24, 2.45) is 0 Å². The van der Waals surface area contributed by atoms with Crippen LogP contribution in [0, 0.1) is 10.1 Å². The van der Waals surface area contributed by atoms with E-state index in [0.29, 0.717) is 5.75 Å². The van der Waals surface area contributed by atoms with Gasteiger partial charge in [-0.15, -0.1) is 0 Å². The zero-order valence-corrected chi connectivity index (χ0v) is 12.1. The van der Waals surface area contributed by atoms with Gasteiger partial charge in [0, 0.05) is 23.5 Å². The van der Waals surface area contributed by atoms with Gasteiger partial charge in [0.25, 0.3) is 5.69 Å². The second-order valence-corrected chi connectivity index (χ2v) is 6.56. The van der Waals surface area contributed by atoms with Crippen LogP contribution in [-0.2, 0) is 10.0 Å². The van der Waals surface area contributed by atoms with Crippen molar-refractivity contribution in [2.45, 2.75) is 17.9 Å². The number of nitrogens with zero attached hydrogens (tertiary/aromatic N) is 1. The summed E-state index contributed by atoms with van der Waals surface area (Å²) in [5.74, 6) is 0.571. The van der Waals surface area contributed by atoms with Crippen LogP contribution in [-0.4, -0.2) is 31.4 Å². The number of nitro benzene ring substituents is 1. The molecule has 0 aliphatic rings. The summed E-state index contributed by atoms with van der Waals surface area (Å²) in [5, 5.41) is 10.9. The lowest BCUT2D eigenvalue weighted by molar-refractivity contribution is -0.387. The van der Waals surface area contributed by atoms with Gasteiger partial charge in [0.15, 0.2) is 4.90 Å². The van der Waals surface area contributed by atoms with Gasteiger partial charge in [0.05, 0.1) is 4.92 Å². The van der Waals surface area contributed by atoms with E-state index in [2.05, 4.69) is 4.72 Å². The molecule has 0 saturated carbocycles. The maximum atomic E-state index is 12.1. The van der Waals surface area contributed by atoms with Crippen molar-refractivity contribution in [1.29, 1.82) is 0 Å². The summed E-state index contributed by atoms with van der Waals surface area (Å²) in [4.78, 5) is 9.75. The number of hydrogen-bond donors (Lipinski definition) is 2. The van der Waals surface area contributed by atoms with Gasteiger partial charge in [-0.3, -0.25) is 10.1 Å². The van der Waals surface area contributed by atoms with Crippen molar-refractivity contribution in [3.05, 3.63) is 28.3 Å². The molecule has 1 unspecified atom stereocenters. The zero-order valence-electron chi connectivity index (χ0n) is 10.5. The Morgan fingerprint density at radius 3 is 2.68 bits per heavy atom.